The Morgan fingerprint density at radius 3 is 2.24 bits per heavy atom. The molecule has 0 heterocycles. The summed E-state index contributed by atoms with van der Waals surface area (Å²) in [4.78, 5) is 24.0. The minimum absolute atomic E-state index is 0.0219. The van der Waals surface area contributed by atoms with Crippen molar-refractivity contribution in [3.05, 3.63) is 29.8 Å². The molecule has 1 N–H and O–H groups in total. The topological polar surface area (TPSA) is 64.6 Å². The molecule has 116 valence electrons. The lowest BCUT2D eigenvalue weighted by Crippen LogP contribution is -2.40. The zero-order chi connectivity index (χ0) is 15.8. The van der Waals surface area contributed by atoms with Gasteiger partial charge in [-0.3, -0.25) is 9.59 Å². The van der Waals surface area contributed by atoms with Gasteiger partial charge in [0.1, 0.15) is 5.75 Å². The van der Waals surface area contributed by atoms with Gasteiger partial charge in [-0.1, -0.05) is 13.8 Å². The summed E-state index contributed by atoms with van der Waals surface area (Å²) < 4.78 is 9.73. The third-order valence-electron chi connectivity index (χ3n) is 3.06. The maximum Gasteiger partial charge on any atom is 0.307 e. The van der Waals surface area contributed by atoms with Crippen molar-refractivity contribution in [1.82, 2.24) is 5.32 Å². The van der Waals surface area contributed by atoms with Gasteiger partial charge in [-0.05, 0) is 36.7 Å². The number of Topliss-reactive ketones (excluding diaryl/α,β-unsaturated/α-hetero) is 1. The molecule has 5 nitrogen and oxygen atoms in total. The molecular formula is C16H23NO4. The van der Waals surface area contributed by atoms with Crippen LogP contribution in [0.1, 0.15) is 30.6 Å². The maximum atomic E-state index is 12.5. The zero-order valence-corrected chi connectivity index (χ0v) is 13.0. The van der Waals surface area contributed by atoms with Crippen LogP contribution in [0, 0.1) is 5.92 Å². The Balaban J connectivity index is 2.83. The first-order valence-corrected chi connectivity index (χ1v) is 6.96. The minimum Gasteiger partial charge on any atom is -0.497 e. The maximum absolute atomic E-state index is 12.5. The molecule has 5 heteroatoms. The van der Waals surface area contributed by atoms with Gasteiger partial charge >= 0.3 is 5.97 Å². The van der Waals surface area contributed by atoms with E-state index >= 15 is 0 Å². The highest BCUT2D eigenvalue weighted by molar-refractivity contribution is 6.01. The van der Waals surface area contributed by atoms with Gasteiger partial charge in [0.2, 0.25) is 0 Å². The minimum atomic E-state index is -0.576. The summed E-state index contributed by atoms with van der Waals surface area (Å²) in [5.41, 5.74) is 0.543. The summed E-state index contributed by atoms with van der Waals surface area (Å²) in [5.74, 6) is 0.543. The number of hydrogen-bond donors (Lipinski definition) is 1. The third-order valence-corrected chi connectivity index (χ3v) is 3.06. The standard InChI is InChI=1S/C16H23NO4/c1-11(2)10-17-14(9-15(18)21-4)16(19)12-5-7-13(20-3)8-6-12/h5-8,11,14,17H,9-10H2,1-4H3. The summed E-state index contributed by atoms with van der Waals surface area (Å²) in [6.45, 7) is 4.74. The van der Waals surface area contributed by atoms with Crippen LogP contribution >= 0.6 is 0 Å². The van der Waals surface area contributed by atoms with E-state index in [2.05, 4.69) is 10.1 Å². The Morgan fingerprint density at radius 2 is 1.76 bits per heavy atom. The summed E-state index contributed by atoms with van der Waals surface area (Å²) in [7, 11) is 2.89. The molecule has 0 aliphatic carbocycles. The van der Waals surface area contributed by atoms with Gasteiger partial charge in [-0.25, -0.2) is 0 Å². The largest absolute Gasteiger partial charge is 0.497 e. The first-order chi connectivity index (χ1) is 9.97. The highest BCUT2D eigenvalue weighted by Crippen LogP contribution is 2.14. The number of benzene rings is 1. The average molecular weight is 293 g/mol. The Morgan fingerprint density at radius 1 is 1.14 bits per heavy atom. The van der Waals surface area contributed by atoms with E-state index in [1.165, 1.54) is 7.11 Å². The molecule has 0 aliphatic rings. The number of carbonyl (C=O) groups excluding carboxylic acids is 2. The van der Waals surface area contributed by atoms with Crippen molar-refractivity contribution < 1.29 is 19.1 Å². The molecule has 0 spiro atoms. The Labute approximate surface area is 125 Å². The van der Waals surface area contributed by atoms with Crippen molar-refractivity contribution in [3.8, 4) is 5.75 Å². The molecule has 0 aromatic heterocycles. The van der Waals surface area contributed by atoms with E-state index in [1.54, 1.807) is 31.4 Å². The lowest BCUT2D eigenvalue weighted by Gasteiger charge is -2.18. The van der Waals surface area contributed by atoms with E-state index in [9.17, 15) is 9.59 Å². The first kappa shape index (κ1) is 17.2. The van der Waals surface area contributed by atoms with Crippen LogP contribution in [0.15, 0.2) is 24.3 Å². The number of carbonyl (C=O) groups is 2. The van der Waals surface area contributed by atoms with Crippen LogP contribution in [0.5, 0.6) is 5.75 Å². The Hall–Kier alpha value is -1.88. The predicted octanol–water partition coefficient (Wildman–Crippen LogP) is 2.06. The van der Waals surface area contributed by atoms with Crippen molar-refractivity contribution in [2.24, 2.45) is 5.92 Å². The lowest BCUT2D eigenvalue weighted by molar-refractivity contribution is -0.141. The van der Waals surface area contributed by atoms with Gasteiger partial charge in [-0.2, -0.15) is 0 Å². The van der Waals surface area contributed by atoms with Crippen molar-refractivity contribution in [1.29, 1.82) is 0 Å². The fraction of sp³-hybridized carbons (Fsp3) is 0.500. The second-order valence-corrected chi connectivity index (χ2v) is 5.23. The van der Waals surface area contributed by atoms with Gasteiger partial charge in [0.05, 0.1) is 26.7 Å². The molecule has 1 aromatic carbocycles. The SMILES string of the molecule is COC(=O)CC(NCC(C)C)C(=O)c1ccc(OC)cc1. The molecule has 0 radical (unpaired) electrons. The van der Waals surface area contributed by atoms with Crippen LogP contribution in [0.2, 0.25) is 0 Å². The number of rotatable bonds is 8. The second kappa shape index (κ2) is 8.42. The fourth-order valence-corrected chi connectivity index (χ4v) is 1.84. The molecule has 1 atom stereocenters. The molecule has 0 saturated heterocycles. The number of esters is 1. The van der Waals surface area contributed by atoms with Gasteiger partial charge in [0, 0.05) is 5.56 Å². The molecule has 0 saturated carbocycles. The summed E-state index contributed by atoms with van der Waals surface area (Å²) in [6, 6.07) is 6.27. The average Bonchev–Trinajstić information content (AvgIpc) is 2.50. The van der Waals surface area contributed by atoms with Crippen molar-refractivity contribution in [3.63, 3.8) is 0 Å². The van der Waals surface area contributed by atoms with Crippen molar-refractivity contribution in [2.75, 3.05) is 20.8 Å². The highest BCUT2D eigenvalue weighted by atomic mass is 16.5. The van der Waals surface area contributed by atoms with Crippen molar-refractivity contribution >= 4 is 11.8 Å². The molecular weight excluding hydrogens is 270 g/mol. The van der Waals surface area contributed by atoms with Gasteiger partial charge in [0.15, 0.2) is 5.78 Å². The molecule has 1 aromatic rings. The number of methoxy groups -OCH3 is 2. The van der Waals surface area contributed by atoms with E-state index in [-0.39, 0.29) is 12.2 Å². The summed E-state index contributed by atoms with van der Waals surface area (Å²) in [5, 5.41) is 3.13. The number of ketones is 1. The van der Waals surface area contributed by atoms with Crippen LogP contribution in [-0.4, -0.2) is 38.6 Å². The van der Waals surface area contributed by atoms with Gasteiger partial charge in [0.25, 0.3) is 0 Å². The molecule has 1 rings (SSSR count). The second-order valence-electron chi connectivity index (χ2n) is 5.23. The monoisotopic (exact) mass is 293 g/mol. The molecule has 0 aliphatic heterocycles. The van der Waals surface area contributed by atoms with Crippen LogP contribution in [0.3, 0.4) is 0 Å². The van der Waals surface area contributed by atoms with E-state index < -0.39 is 12.0 Å². The molecule has 0 fully saturated rings. The molecule has 0 amide bonds. The van der Waals surface area contributed by atoms with Crippen LogP contribution in [0.25, 0.3) is 0 Å². The zero-order valence-electron chi connectivity index (χ0n) is 13.0. The molecule has 21 heavy (non-hydrogen) atoms. The van der Waals surface area contributed by atoms with Crippen LogP contribution in [0.4, 0.5) is 0 Å². The Bertz CT molecular complexity index is 468. The summed E-state index contributed by atoms with van der Waals surface area (Å²) in [6.07, 6.45) is 0.0219. The number of nitrogens with one attached hydrogen (secondary N) is 1. The summed E-state index contributed by atoms with van der Waals surface area (Å²) >= 11 is 0. The third kappa shape index (κ3) is 5.55. The molecule has 1 unspecified atom stereocenters. The quantitative estimate of drug-likeness (QED) is 0.587. The van der Waals surface area contributed by atoms with Gasteiger partial charge < -0.3 is 14.8 Å². The van der Waals surface area contributed by atoms with Crippen LogP contribution < -0.4 is 10.1 Å². The van der Waals surface area contributed by atoms with E-state index in [4.69, 9.17) is 4.74 Å². The molecule has 0 bridgehead atoms. The number of hydrogen-bond acceptors (Lipinski definition) is 5. The van der Waals surface area contributed by atoms with Gasteiger partial charge in [-0.15, -0.1) is 0 Å². The first-order valence-electron chi connectivity index (χ1n) is 6.96. The lowest BCUT2D eigenvalue weighted by atomic mass is 10.0. The highest BCUT2D eigenvalue weighted by Gasteiger charge is 2.23. The normalized spacial score (nSPS) is 12.0. The van der Waals surface area contributed by atoms with Crippen molar-refractivity contribution in [2.45, 2.75) is 26.3 Å². The fourth-order valence-electron chi connectivity index (χ4n) is 1.84. The smallest absolute Gasteiger partial charge is 0.307 e. The van der Waals surface area contributed by atoms with E-state index in [0.29, 0.717) is 23.8 Å². The Kier molecular flexibility index (Phi) is 6.88. The van der Waals surface area contributed by atoms with E-state index in [0.717, 1.165) is 0 Å². The van der Waals surface area contributed by atoms with Crippen LogP contribution in [-0.2, 0) is 9.53 Å². The van der Waals surface area contributed by atoms with E-state index in [1.807, 2.05) is 13.8 Å². The number of ether oxygens (including phenoxy) is 2. The predicted molar refractivity (Wildman–Crippen MR) is 80.6 cm³/mol.